The van der Waals surface area contributed by atoms with E-state index in [0.29, 0.717) is 6.54 Å². The fourth-order valence-corrected chi connectivity index (χ4v) is 3.07. The third kappa shape index (κ3) is 4.33. The topological polar surface area (TPSA) is 33.2 Å². The number of hydrogen-bond acceptors (Lipinski definition) is 3. The number of hydrogen-bond donors (Lipinski definition) is 0. The SMILES string of the molecule is Cc1ccccc1CN(C)C(=O)[C@@H](C)Sc1ccncc1. The van der Waals surface area contributed by atoms with Crippen molar-refractivity contribution in [1.82, 2.24) is 9.88 Å². The number of pyridine rings is 1. The summed E-state index contributed by atoms with van der Waals surface area (Å²) in [5.41, 5.74) is 2.40. The van der Waals surface area contributed by atoms with Gasteiger partial charge < -0.3 is 4.90 Å². The van der Waals surface area contributed by atoms with Crippen LogP contribution in [0.3, 0.4) is 0 Å². The lowest BCUT2D eigenvalue weighted by atomic mass is 10.1. The van der Waals surface area contributed by atoms with Crippen molar-refractivity contribution < 1.29 is 4.79 Å². The Labute approximate surface area is 130 Å². The molecule has 0 fully saturated rings. The fraction of sp³-hybridized carbons (Fsp3) is 0.294. The van der Waals surface area contributed by atoms with Gasteiger partial charge in [0.25, 0.3) is 0 Å². The summed E-state index contributed by atoms with van der Waals surface area (Å²) in [5.74, 6) is 0.139. The Hall–Kier alpha value is -1.81. The van der Waals surface area contributed by atoms with Gasteiger partial charge in [-0.3, -0.25) is 9.78 Å². The third-order valence-electron chi connectivity index (χ3n) is 3.36. The number of amides is 1. The van der Waals surface area contributed by atoms with Gasteiger partial charge in [0.05, 0.1) is 5.25 Å². The average molecular weight is 300 g/mol. The first-order valence-corrected chi connectivity index (χ1v) is 7.82. The van der Waals surface area contributed by atoms with Gasteiger partial charge in [-0.2, -0.15) is 0 Å². The predicted molar refractivity (Wildman–Crippen MR) is 87.2 cm³/mol. The molecule has 1 amide bonds. The molecule has 0 N–H and O–H groups in total. The van der Waals surface area contributed by atoms with Crippen molar-refractivity contribution in [2.75, 3.05) is 7.05 Å². The number of carbonyl (C=O) groups excluding carboxylic acids is 1. The molecule has 0 unspecified atom stereocenters. The molecule has 0 radical (unpaired) electrons. The number of aromatic nitrogens is 1. The van der Waals surface area contributed by atoms with Crippen LogP contribution in [0.25, 0.3) is 0 Å². The van der Waals surface area contributed by atoms with E-state index in [0.717, 1.165) is 4.90 Å². The first-order chi connectivity index (χ1) is 10.1. The molecular weight excluding hydrogens is 280 g/mol. The van der Waals surface area contributed by atoms with Crippen LogP contribution in [0.5, 0.6) is 0 Å². The number of nitrogens with zero attached hydrogens (tertiary/aromatic N) is 2. The van der Waals surface area contributed by atoms with E-state index in [1.165, 1.54) is 11.1 Å². The largest absolute Gasteiger partial charge is 0.340 e. The molecule has 0 saturated heterocycles. The quantitative estimate of drug-likeness (QED) is 0.792. The highest BCUT2D eigenvalue weighted by Crippen LogP contribution is 2.24. The molecule has 1 atom stereocenters. The maximum Gasteiger partial charge on any atom is 0.235 e. The number of aryl methyl sites for hydroxylation is 1. The molecular formula is C17H20N2OS. The van der Waals surface area contributed by atoms with E-state index in [1.54, 1.807) is 29.1 Å². The third-order valence-corrected chi connectivity index (χ3v) is 4.45. The second-order valence-corrected chi connectivity index (χ2v) is 6.48. The summed E-state index contributed by atoms with van der Waals surface area (Å²) in [6, 6.07) is 12.0. The van der Waals surface area contributed by atoms with Crippen molar-refractivity contribution in [2.45, 2.75) is 30.5 Å². The van der Waals surface area contributed by atoms with Gasteiger partial charge >= 0.3 is 0 Å². The Balaban J connectivity index is 1.97. The second kappa shape index (κ2) is 7.27. The lowest BCUT2D eigenvalue weighted by Crippen LogP contribution is -2.32. The summed E-state index contributed by atoms with van der Waals surface area (Å²) in [4.78, 5) is 19.3. The Morgan fingerprint density at radius 3 is 2.57 bits per heavy atom. The Bertz CT molecular complexity index is 601. The number of rotatable bonds is 5. The van der Waals surface area contributed by atoms with E-state index in [1.807, 2.05) is 38.2 Å². The van der Waals surface area contributed by atoms with Crippen molar-refractivity contribution in [3.63, 3.8) is 0 Å². The maximum atomic E-state index is 12.5. The van der Waals surface area contributed by atoms with Crippen LogP contribution in [-0.2, 0) is 11.3 Å². The summed E-state index contributed by atoms with van der Waals surface area (Å²) >= 11 is 1.56. The van der Waals surface area contributed by atoms with Crippen LogP contribution < -0.4 is 0 Å². The molecule has 2 rings (SSSR count). The number of benzene rings is 1. The monoisotopic (exact) mass is 300 g/mol. The van der Waals surface area contributed by atoms with Gasteiger partial charge in [0.15, 0.2) is 0 Å². The first kappa shape index (κ1) is 15.6. The summed E-state index contributed by atoms with van der Waals surface area (Å²) in [5, 5.41) is -0.110. The summed E-state index contributed by atoms with van der Waals surface area (Å²) in [6.45, 7) is 4.66. The standard InChI is InChI=1S/C17H20N2OS/c1-13-6-4-5-7-15(13)12-19(3)17(20)14(2)21-16-8-10-18-11-9-16/h4-11,14H,12H2,1-3H3/t14-/m1/s1. The highest BCUT2D eigenvalue weighted by atomic mass is 32.2. The summed E-state index contributed by atoms with van der Waals surface area (Å²) in [6.07, 6.45) is 3.49. The minimum atomic E-state index is -0.110. The van der Waals surface area contributed by atoms with Crippen molar-refractivity contribution >= 4 is 17.7 Å². The first-order valence-electron chi connectivity index (χ1n) is 6.94. The second-order valence-electron chi connectivity index (χ2n) is 5.06. The van der Waals surface area contributed by atoms with Crippen LogP contribution in [0.4, 0.5) is 0 Å². The molecule has 110 valence electrons. The van der Waals surface area contributed by atoms with Gasteiger partial charge in [0, 0.05) is 30.9 Å². The molecule has 0 aliphatic heterocycles. The molecule has 3 nitrogen and oxygen atoms in total. The molecule has 0 aliphatic rings. The molecule has 1 aromatic heterocycles. The van der Waals surface area contributed by atoms with Crippen molar-refractivity contribution in [2.24, 2.45) is 0 Å². The van der Waals surface area contributed by atoms with Crippen LogP contribution >= 0.6 is 11.8 Å². The Morgan fingerprint density at radius 1 is 1.24 bits per heavy atom. The maximum absolute atomic E-state index is 12.5. The highest BCUT2D eigenvalue weighted by molar-refractivity contribution is 8.00. The lowest BCUT2D eigenvalue weighted by Gasteiger charge is -2.22. The van der Waals surface area contributed by atoms with Gasteiger partial charge in [-0.25, -0.2) is 0 Å². The average Bonchev–Trinajstić information content (AvgIpc) is 2.49. The van der Waals surface area contributed by atoms with Gasteiger partial charge in [0.2, 0.25) is 5.91 Å². The minimum Gasteiger partial charge on any atom is -0.340 e. The van der Waals surface area contributed by atoms with E-state index < -0.39 is 0 Å². The number of carbonyl (C=O) groups is 1. The Kier molecular flexibility index (Phi) is 5.39. The molecule has 4 heteroatoms. The fourth-order valence-electron chi connectivity index (χ4n) is 2.10. The van der Waals surface area contributed by atoms with Crippen LogP contribution in [-0.4, -0.2) is 28.1 Å². The van der Waals surface area contributed by atoms with Crippen molar-refractivity contribution in [1.29, 1.82) is 0 Å². The normalized spacial score (nSPS) is 12.0. The molecule has 0 aliphatic carbocycles. The van der Waals surface area contributed by atoms with Crippen LogP contribution in [0.1, 0.15) is 18.1 Å². The summed E-state index contributed by atoms with van der Waals surface area (Å²) in [7, 11) is 1.86. The zero-order valence-electron chi connectivity index (χ0n) is 12.6. The van der Waals surface area contributed by atoms with Crippen molar-refractivity contribution in [3.05, 3.63) is 59.9 Å². The molecule has 2 aromatic rings. The van der Waals surface area contributed by atoms with E-state index in [-0.39, 0.29) is 11.2 Å². The van der Waals surface area contributed by atoms with Gasteiger partial charge in [-0.1, -0.05) is 24.3 Å². The van der Waals surface area contributed by atoms with Crippen LogP contribution in [0.2, 0.25) is 0 Å². The van der Waals surface area contributed by atoms with E-state index in [2.05, 4.69) is 24.0 Å². The molecule has 1 heterocycles. The van der Waals surface area contributed by atoms with E-state index in [4.69, 9.17) is 0 Å². The molecule has 0 bridgehead atoms. The van der Waals surface area contributed by atoms with Gasteiger partial charge in [-0.15, -0.1) is 11.8 Å². The van der Waals surface area contributed by atoms with Crippen molar-refractivity contribution in [3.8, 4) is 0 Å². The smallest absolute Gasteiger partial charge is 0.235 e. The van der Waals surface area contributed by atoms with Crippen LogP contribution in [0, 0.1) is 6.92 Å². The zero-order valence-corrected chi connectivity index (χ0v) is 13.4. The van der Waals surface area contributed by atoms with Crippen LogP contribution in [0.15, 0.2) is 53.7 Å². The summed E-state index contributed by atoms with van der Waals surface area (Å²) < 4.78 is 0. The molecule has 21 heavy (non-hydrogen) atoms. The molecule has 1 aromatic carbocycles. The van der Waals surface area contributed by atoms with E-state index in [9.17, 15) is 4.79 Å². The molecule has 0 saturated carbocycles. The highest BCUT2D eigenvalue weighted by Gasteiger charge is 2.19. The van der Waals surface area contributed by atoms with E-state index >= 15 is 0 Å². The predicted octanol–water partition coefficient (Wildman–Crippen LogP) is 3.53. The zero-order chi connectivity index (χ0) is 15.2. The van der Waals surface area contributed by atoms with Gasteiger partial charge in [-0.05, 0) is 37.1 Å². The Morgan fingerprint density at radius 2 is 1.90 bits per heavy atom. The van der Waals surface area contributed by atoms with Gasteiger partial charge in [0.1, 0.15) is 0 Å². The minimum absolute atomic E-state index is 0.110. The lowest BCUT2D eigenvalue weighted by molar-refractivity contribution is -0.129. The number of thioether (sulfide) groups is 1. The molecule has 0 spiro atoms.